The Morgan fingerprint density at radius 2 is 1.94 bits per heavy atom. The number of carbonyl (C=O) groups excluding carboxylic acids is 1. The lowest BCUT2D eigenvalue weighted by atomic mass is 10.1. The highest BCUT2D eigenvalue weighted by atomic mass is 19.1. The largest absolute Gasteiger partial charge is 0.378 e. The Labute approximate surface area is 189 Å². The molecule has 3 aromatic heterocycles. The van der Waals surface area contributed by atoms with E-state index in [4.69, 9.17) is 4.74 Å². The molecule has 9 heteroatoms. The van der Waals surface area contributed by atoms with E-state index >= 15 is 0 Å². The van der Waals surface area contributed by atoms with E-state index in [1.165, 1.54) is 12.1 Å². The van der Waals surface area contributed by atoms with Crippen LogP contribution < -0.4 is 10.2 Å². The fourth-order valence-electron chi connectivity index (χ4n) is 3.90. The van der Waals surface area contributed by atoms with Crippen LogP contribution in [0.15, 0.2) is 55.1 Å². The molecule has 0 bridgehead atoms. The summed E-state index contributed by atoms with van der Waals surface area (Å²) in [5.74, 6) is -0.569. The Morgan fingerprint density at radius 1 is 1.12 bits per heavy atom. The zero-order valence-corrected chi connectivity index (χ0v) is 17.9. The van der Waals surface area contributed by atoms with Gasteiger partial charge in [-0.1, -0.05) is 12.1 Å². The monoisotopic (exact) mass is 446 g/mol. The third kappa shape index (κ3) is 4.68. The van der Waals surface area contributed by atoms with Crippen molar-refractivity contribution in [1.29, 1.82) is 0 Å². The van der Waals surface area contributed by atoms with Gasteiger partial charge in [0.25, 0.3) is 5.91 Å². The number of nitrogens with one attached hydrogen (secondary N) is 2. The number of hydrogen-bond acceptors (Lipinski definition) is 6. The minimum atomic E-state index is -0.367. The molecule has 4 aromatic rings. The van der Waals surface area contributed by atoms with Gasteiger partial charge in [-0.25, -0.2) is 19.3 Å². The summed E-state index contributed by atoms with van der Waals surface area (Å²) < 4.78 is 18.7. The highest BCUT2D eigenvalue weighted by Crippen LogP contribution is 2.30. The van der Waals surface area contributed by atoms with Crippen LogP contribution in [0.2, 0.25) is 0 Å². The third-order valence-electron chi connectivity index (χ3n) is 5.65. The summed E-state index contributed by atoms with van der Waals surface area (Å²) in [5.41, 5.74) is 4.35. The number of halogens is 1. The number of aromatic amines is 1. The first-order valence-corrected chi connectivity index (χ1v) is 10.8. The standard InChI is InChI=1S/C24H23FN6O2/c25-18-3-1-2-16(10-18)4-5-26-24(32)23-27-12-17(13-28-23)21-15-30-22-20(21)11-19(14-29-22)31-6-8-33-9-7-31/h1-3,10-15H,4-9H2,(H,26,32)(H,29,30). The molecule has 0 spiro atoms. The smallest absolute Gasteiger partial charge is 0.289 e. The number of carbonyl (C=O) groups is 1. The van der Waals surface area contributed by atoms with Crippen LogP contribution in [0.4, 0.5) is 10.1 Å². The molecular formula is C24H23FN6O2. The van der Waals surface area contributed by atoms with E-state index in [9.17, 15) is 9.18 Å². The van der Waals surface area contributed by atoms with Gasteiger partial charge in [-0.3, -0.25) is 4.79 Å². The van der Waals surface area contributed by atoms with Crippen molar-refractivity contribution in [3.05, 3.63) is 72.3 Å². The molecule has 168 valence electrons. The number of nitrogens with zero attached hydrogens (tertiary/aromatic N) is 4. The minimum absolute atomic E-state index is 0.0879. The van der Waals surface area contributed by atoms with E-state index in [1.54, 1.807) is 18.5 Å². The Hall–Kier alpha value is -3.85. The lowest BCUT2D eigenvalue weighted by Crippen LogP contribution is -2.36. The number of hydrogen-bond donors (Lipinski definition) is 2. The van der Waals surface area contributed by atoms with Gasteiger partial charge in [0.1, 0.15) is 11.5 Å². The molecule has 1 fully saturated rings. The minimum Gasteiger partial charge on any atom is -0.378 e. The highest BCUT2D eigenvalue weighted by Gasteiger charge is 2.15. The van der Waals surface area contributed by atoms with Gasteiger partial charge in [0, 0.05) is 54.7 Å². The molecule has 0 atom stereocenters. The Morgan fingerprint density at radius 3 is 2.73 bits per heavy atom. The number of ether oxygens (including phenoxy) is 1. The van der Waals surface area contributed by atoms with E-state index in [1.807, 2.05) is 18.5 Å². The van der Waals surface area contributed by atoms with E-state index in [-0.39, 0.29) is 17.5 Å². The van der Waals surface area contributed by atoms with Crippen molar-refractivity contribution in [2.24, 2.45) is 0 Å². The van der Waals surface area contributed by atoms with E-state index in [0.717, 1.165) is 46.5 Å². The van der Waals surface area contributed by atoms with E-state index < -0.39 is 0 Å². The molecule has 8 nitrogen and oxygen atoms in total. The fourth-order valence-corrected chi connectivity index (χ4v) is 3.90. The maximum Gasteiger partial charge on any atom is 0.289 e. The van der Waals surface area contributed by atoms with E-state index in [2.05, 4.69) is 36.2 Å². The van der Waals surface area contributed by atoms with Gasteiger partial charge >= 0.3 is 0 Å². The summed E-state index contributed by atoms with van der Waals surface area (Å²) in [5, 5.41) is 3.74. The molecule has 0 aliphatic carbocycles. The van der Waals surface area contributed by atoms with Crippen LogP contribution in [0.3, 0.4) is 0 Å². The van der Waals surface area contributed by atoms with Gasteiger partial charge in [0.15, 0.2) is 0 Å². The number of fused-ring (bicyclic) bond motifs is 1. The Balaban J connectivity index is 1.28. The first-order valence-electron chi connectivity index (χ1n) is 10.8. The maximum atomic E-state index is 13.3. The van der Waals surface area contributed by atoms with Gasteiger partial charge in [-0.15, -0.1) is 0 Å². The van der Waals surface area contributed by atoms with Crippen molar-refractivity contribution in [1.82, 2.24) is 25.3 Å². The molecule has 1 amide bonds. The van der Waals surface area contributed by atoms with Gasteiger partial charge < -0.3 is 19.9 Å². The fraction of sp³-hybridized carbons (Fsp3) is 0.250. The average molecular weight is 446 g/mol. The zero-order chi connectivity index (χ0) is 22.6. The van der Waals surface area contributed by atoms with Crippen LogP contribution in [0, 0.1) is 5.82 Å². The summed E-state index contributed by atoms with van der Waals surface area (Å²) in [6.45, 7) is 3.44. The number of rotatable bonds is 6. The van der Waals surface area contributed by atoms with Crippen LogP contribution in [-0.4, -0.2) is 58.7 Å². The number of amides is 1. The normalized spacial score (nSPS) is 13.9. The molecule has 1 aliphatic heterocycles. The van der Waals surface area contributed by atoms with Gasteiger partial charge in [0.05, 0.1) is 25.1 Å². The number of anilines is 1. The summed E-state index contributed by atoms with van der Waals surface area (Å²) in [7, 11) is 0. The second kappa shape index (κ2) is 9.33. The average Bonchev–Trinajstić information content (AvgIpc) is 3.28. The van der Waals surface area contributed by atoms with Crippen molar-refractivity contribution >= 4 is 22.6 Å². The van der Waals surface area contributed by atoms with Crippen molar-refractivity contribution in [3.8, 4) is 11.1 Å². The van der Waals surface area contributed by atoms with Crippen LogP contribution in [0.1, 0.15) is 16.2 Å². The molecule has 1 saturated heterocycles. The number of benzene rings is 1. The van der Waals surface area contributed by atoms with Crippen molar-refractivity contribution in [2.75, 3.05) is 37.7 Å². The lowest BCUT2D eigenvalue weighted by molar-refractivity contribution is 0.0943. The predicted molar refractivity (Wildman–Crippen MR) is 123 cm³/mol. The van der Waals surface area contributed by atoms with E-state index in [0.29, 0.717) is 26.2 Å². The number of aromatic nitrogens is 4. The number of H-pyrrole nitrogens is 1. The molecule has 2 N–H and O–H groups in total. The number of pyridine rings is 1. The second-order valence-electron chi connectivity index (χ2n) is 7.82. The molecule has 0 unspecified atom stereocenters. The van der Waals surface area contributed by atoms with Crippen LogP contribution in [0.25, 0.3) is 22.2 Å². The number of morpholine rings is 1. The Kier molecular flexibility index (Phi) is 5.95. The SMILES string of the molecule is O=C(NCCc1cccc(F)c1)c1ncc(-c2c[nH]c3ncc(N4CCOCC4)cc23)cn1. The molecule has 5 rings (SSSR count). The van der Waals surface area contributed by atoms with Crippen LogP contribution in [-0.2, 0) is 11.2 Å². The van der Waals surface area contributed by atoms with Crippen molar-refractivity contribution in [3.63, 3.8) is 0 Å². The molecule has 1 aliphatic rings. The molecule has 0 radical (unpaired) electrons. The lowest BCUT2D eigenvalue weighted by Gasteiger charge is -2.28. The van der Waals surface area contributed by atoms with Gasteiger partial charge in [-0.2, -0.15) is 0 Å². The zero-order valence-electron chi connectivity index (χ0n) is 17.9. The summed E-state index contributed by atoms with van der Waals surface area (Å²) in [6, 6.07) is 8.43. The maximum absolute atomic E-state index is 13.3. The molecule has 1 aromatic carbocycles. The molecular weight excluding hydrogens is 423 g/mol. The van der Waals surface area contributed by atoms with Crippen molar-refractivity contribution in [2.45, 2.75) is 6.42 Å². The van der Waals surface area contributed by atoms with Crippen LogP contribution >= 0.6 is 0 Å². The summed E-state index contributed by atoms with van der Waals surface area (Å²) in [4.78, 5) is 30.9. The quantitative estimate of drug-likeness (QED) is 0.473. The second-order valence-corrected chi connectivity index (χ2v) is 7.82. The third-order valence-corrected chi connectivity index (χ3v) is 5.65. The topological polar surface area (TPSA) is 96.0 Å². The molecule has 4 heterocycles. The van der Waals surface area contributed by atoms with Gasteiger partial charge in [-0.05, 0) is 30.2 Å². The highest BCUT2D eigenvalue weighted by molar-refractivity contribution is 5.95. The predicted octanol–water partition coefficient (Wildman–Crippen LogP) is 2.97. The van der Waals surface area contributed by atoms with Gasteiger partial charge in [0.2, 0.25) is 5.82 Å². The first kappa shape index (κ1) is 21.0. The summed E-state index contributed by atoms with van der Waals surface area (Å²) >= 11 is 0. The Bertz CT molecular complexity index is 1270. The molecule has 0 saturated carbocycles. The summed E-state index contributed by atoms with van der Waals surface area (Å²) in [6.07, 6.45) is 7.53. The van der Waals surface area contributed by atoms with Crippen LogP contribution in [0.5, 0.6) is 0 Å². The van der Waals surface area contributed by atoms with Crippen molar-refractivity contribution < 1.29 is 13.9 Å². The first-order chi connectivity index (χ1) is 16.2. The molecule has 33 heavy (non-hydrogen) atoms.